The van der Waals surface area contributed by atoms with Gasteiger partial charge in [-0.1, -0.05) is 46.6 Å². The molecule has 5 saturated carbocycles. The first-order valence-electron chi connectivity index (χ1n) is 18.6. The van der Waals surface area contributed by atoms with Gasteiger partial charge in [-0.3, -0.25) is 9.59 Å². The summed E-state index contributed by atoms with van der Waals surface area (Å²) in [6.45, 7) is 25.6. The van der Waals surface area contributed by atoms with E-state index in [1.54, 1.807) is 13.8 Å². The highest BCUT2D eigenvalue weighted by Crippen LogP contribution is 2.76. The summed E-state index contributed by atoms with van der Waals surface area (Å²) in [5.41, 5.74) is 1.24. The van der Waals surface area contributed by atoms with E-state index in [1.807, 2.05) is 13.8 Å². The number of carbonyl (C=O) groups is 2. The van der Waals surface area contributed by atoms with Gasteiger partial charge in [-0.15, -0.1) is 6.58 Å². The van der Waals surface area contributed by atoms with Crippen molar-refractivity contribution < 1.29 is 19.4 Å². The number of hydrogen-bond acceptors (Lipinski definition) is 5. The Labute approximate surface area is 282 Å². The molecule has 2 N–H and O–H groups in total. The molecule has 0 spiro atoms. The second-order valence-corrected chi connectivity index (χ2v) is 19.0. The topological polar surface area (TPSA) is 78.9 Å². The fourth-order valence-electron chi connectivity index (χ4n) is 12.2. The Bertz CT molecular complexity index is 1140. The molecule has 5 aliphatic rings. The first-order chi connectivity index (χ1) is 21.2. The molecule has 5 aliphatic carbocycles. The minimum atomic E-state index is -1.11. The molecule has 0 radical (unpaired) electrons. The largest absolute Gasteiger partial charge is 0.481 e. The van der Waals surface area contributed by atoms with Crippen LogP contribution in [0.3, 0.4) is 0 Å². The van der Waals surface area contributed by atoms with Crippen molar-refractivity contribution in [2.75, 3.05) is 27.2 Å². The van der Waals surface area contributed by atoms with Gasteiger partial charge in [0.2, 0.25) is 0 Å². The van der Waals surface area contributed by atoms with E-state index in [9.17, 15) is 14.7 Å². The van der Waals surface area contributed by atoms with Gasteiger partial charge in [-0.25, -0.2) is 0 Å². The highest BCUT2D eigenvalue weighted by atomic mass is 16.5. The van der Waals surface area contributed by atoms with Gasteiger partial charge in [0.25, 0.3) is 0 Å². The highest BCUT2D eigenvalue weighted by Gasteiger charge is 2.70. The maximum absolute atomic E-state index is 13.0. The van der Waals surface area contributed by atoms with Crippen LogP contribution in [0.5, 0.6) is 0 Å². The molecule has 7 unspecified atom stereocenters. The Morgan fingerprint density at radius 2 is 1.52 bits per heavy atom. The summed E-state index contributed by atoms with van der Waals surface area (Å²) in [5.74, 6) is 1.51. The molecule has 264 valence electrons. The number of ether oxygens (including phenoxy) is 1. The van der Waals surface area contributed by atoms with Crippen molar-refractivity contribution in [3.63, 3.8) is 0 Å². The number of carboxylic acids is 1. The number of fused-ring (bicyclic) bond motifs is 7. The monoisotopic (exact) mass is 643 g/mol. The van der Waals surface area contributed by atoms with Crippen LogP contribution in [0, 0.1) is 50.7 Å². The molecule has 0 aromatic carbocycles. The number of nitrogens with one attached hydrogen (secondary N) is 1. The molecule has 0 aromatic rings. The number of carbonyl (C=O) groups excluding carboxylic acids is 1. The lowest BCUT2D eigenvalue weighted by Gasteiger charge is -2.72. The predicted octanol–water partition coefficient (Wildman–Crippen LogP) is 8.74. The van der Waals surface area contributed by atoms with Crippen molar-refractivity contribution in [2.24, 2.45) is 50.7 Å². The predicted molar refractivity (Wildman–Crippen MR) is 189 cm³/mol. The zero-order chi connectivity index (χ0) is 34.5. The number of esters is 1. The first kappa shape index (κ1) is 37.4. The van der Waals surface area contributed by atoms with Crippen molar-refractivity contribution in [1.29, 1.82) is 0 Å². The van der Waals surface area contributed by atoms with E-state index in [2.05, 4.69) is 65.5 Å². The van der Waals surface area contributed by atoms with Gasteiger partial charge in [-0.05, 0) is 146 Å². The van der Waals surface area contributed by atoms with Crippen molar-refractivity contribution in [1.82, 2.24) is 10.2 Å². The molecule has 0 amide bonds. The molecule has 6 nitrogen and oxygen atoms in total. The van der Waals surface area contributed by atoms with Crippen LogP contribution in [0.2, 0.25) is 0 Å². The van der Waals surface area contributed by atoms with Gasteiger partial charge in [0.1, 0.15) is 6.10 Å². The first-order valence-corrected chi connectivity index (χ1v) is 18.6. The van der Waals surface area contributed by atoms with Crippen LogP contribution in [0.15, 0.2) is 12.2 Å². The quantitative estimate of drug-likeness (QED) is 0.204. The van der Waals surface area contributed by atoms with Crippen molar-refractivity contribution in [3.8, 4) is 0 Å². The van der Waals surface area contributed by atoms with Crippen LogP contribution >= 0.6 is 0 Å². The molecule has 46 heavy (non-hydrogen) atoms. The molecule has 0 saturated heterocycles. The molecular formula is C40H70N2O4. The van der Waals surface area contributed by atoms with Gasteiger partial charge >= 0.3 is 11.9 Å². The van der Waals surface area contributed by atoms with Gasteiger partial charge in [0.05, 0.1) is 11.8 Å². The Morgan fingerprint density at radius 1 is 0.870 bits per heavy atom. The molecule has 6 heteroatoms. The molecular weight excluding hydrogens is 572 g/mol. The number of allylic oxidation sites excluding steroid dienone is 1. The van der Waals surface area contributed by atoms with Gasteiger partial charge in [-0.2, -0.15) is 0 Å². The molecule has 0 aromatic heterocycles. The molecule has 9 atom stereocenters. The molecule has 5 rings (SSSR count). The van der Waals surface area contributed by atoms with Crippen LogP contribution in [-0.2, 0) is 14.3 Å². The normalized spacial score (nSPS) is 41.2. The van der Waals surface area contributed by atoms with E-state index in [-0.39, 0.29) is 29.3 Å². The van der Waals surface area contributed by atoms with Crippen LogP contribution < -0.4 is 5.32 Å². The average Bonchev–Trinajstić information content (AvgIpc) is 3.34. The third-order valence-corrected chi connectivity index (χ3v) is 14.8. The van der Waals surface area contributed by atoms with E-state index in [0.29, 0.717) is 28.2 Å². The second-order valence-electron chi connectivity index (χ2n) is 19.0. The zero-order valence-electron chi connectivity index (χ0n) is 31.6. The summed E-state index contributed by atoms with van der Waals surface area (Å²) in [4.78, 5) is 26.9. The minimum absolute atomic E-state index is 0.0794. The van der Waals surface area contributed by atoms with Gasteiger partial charge in [0.15, 0.2) is 0 Å². The lowest BCUT2D eigenvalue weighted by molar-refractivity contribution is -0.245. The maximum atomic E-state index is 13.0. The number of hydrogen-bond donors (Lipinski definition) is 2. The van der Waals surface area contributed by atoms with E-state index < -0.39 is 11.4 Å². The van der Waals surface area contributed by atoms with Crippen molar-refractivity contribution >= 4 is 11.9 Å². The third-order valence-electron chi connectivity index (χ3n) is 14.8. The molecule has 0 heterocycles. The number of likely N-dealkylation sites (N-methyl/N-ethyl adjacent to an activating group) is 1. The fourth-order valence-corrected chi connectivity index (χ4v) is 12.2. The van der Waals surface area contributed by atoms with Crippen LogP contribution in [0.25, 0.3) is 0 Å². The van der Waals surface area contributed by atoms with Gasteiger partial charge in [0, 0.05) is 24.0 Å². The lowest BCUT2D eigenvalue weighted by atomic mass is 9.33. The molecule has 5 fully saturated rings. The summed E-state index contributed by atoms with van der Waals surface area (Å²) in [6.07, 6.45) is 13.7. The Kier molecular flexibility index (Phi) is 10.7. The standard InChI is InChI=1S/C36H62N2O4.C4H8/c1-31(2,30(40)41)23-29(39)42-28-15-17-33(5)26(32(28,3)4)14-18-35(7)27(33)13-12-24-25-11-10-16-36(25,20-19-34(24,35)6)37-21-22-38(8)9;1-4(2)3/h24-28,37H,10-23H2,1-9H3,(H,40,41);1H2,2-3H3/t24?,25-,26?,27?,28?,33?,34-,35?,36?;/m1./s1. The number of aliphatic carboxylic acids is 1. The number of rotatable bonds is 8. The summed E-state index contributed by atoms with van der Waals surface area (Å²) < 4.78 is 6.15. The third kappa shape index (κ3) is 6.49. The highest BCUT2D eigenvalue weighted by molar-refractivity contribution is 5.81. The van der Waals surface area contributed by atoms with Gasteiger partial charge < -0.3 is 20.1 Å². The summed E-state index contributed by atoms with van der Waals surface area (Å²) in [6, 6.07) is 0. The van der Waals surface area contributed by atoms with E-state index in [1.165, 1.54) is 63.4 Å². The summed E-state index contributed by atoms with van der Waals surface area (Å²) in [7, 11) is 4.36. The Balaban J connectivity index is 0.00000113. The van der Waals surface area contributed by atoms with Crippen LogP contribution in [0.1, 0.15) is 139 Å². The SMILES string of the molecule is C=C(C)C.CN(C)CCNC12CCC[C@@H]1C1CCC3C4(C)CCC(OC(=O)CC(C)(C)C(=O)O)C(C)(C)C4CCC3(C)[C@]1(C)CC2. The van der Waals surface area contributed by atoms with Crippen LogP contribution in [-0.4, -0.2) is 60.8 Å². The summed E-state index contributed by atoms with van der Waals surface area (Å²) in [5, 5.41) is 13.7. The number of nitrogens with zero attached hydrogens (tertiary/aromatic N) is 1. The molecule has 0 bridgehead atoms. The van der Waals surface area contributed by atoms with E-state index in [0.717, 1.165) is 37.8 Å². The summed E-state index contributed by atoms with van der Waals surface area (Å²) >= 11 is 0. The van der Waals surface area contributed by atoms with E-state index in [4.69, 9.17) is 4.74 Å². The molecule has 0 aliphatic heterocycles. The Hall–Kier alpha value is -1.40. The smallest absolute Gasteiger partial charge is 0.309 e. The lowest BCUT2D eigenvalue weighted by Crippen LogP contribution is -2.68. The average molecular weight is 643 g/mol. The fraction of sp³-hybridized carbons (Fsp3) is 0.900. The van der Waals surface area contributed by atoms with Crippen LogP contribution in [0.4, 0.5) is 0 Å². The van der Waals surface area contributed by atoms with E-state index >= 15 is 0 Å². The Morgan fingerprint density at radius 3 is 2.13 bits per heavy atom. The number of carboxylic acid groups (broad SMARTS) is 1. The minimum Gasteiger partial charge on any atom is -0.481 e. The second kappa shape index (κ2) is 13.1. The van der Waals surface area contributed by atoms with Crippen molar-refractivity contribution in [3.05, 3.63) is 12.2 Å². The van der Waals surface area contributed by atoms with Crippen molar-refractivity contribution in [2.45, 2.75) is 151 Å². The zero-order valence-corrected chi connectivity index (χ0v) is 31.6. The maximum Gasteiger partial charge on any atom is 0.309 e.